The van der Waals surface area contributed by atoms with Crippen LogP contribution in [0.15, 0.2) is 134 Å². The molecular weight excluding hydrogens is 514 g/mol. The molecule has 0 spiro atoms. The van der Waals surface area contributed by atoms with Crippen LogP contribution in [0.25, 0.3) is 21.7 Å². The first-order chi connectivity index (χ1) is 20.5. The Kier molecular flexibility index (Phi) is 8.00. The van der Waals surface area contributed by atoms with Crippen LogP contribution in [0.3, 0.4) is 0 Å². The Morgan fingerprint density at radius 2 is 1.45 bits per heavy atom. The summed E-state index contributed by atoms with van der Waals surface area (Å²) in [5, 5.41) is 20.2. The lowest BCUT2D eigenvalue weighted by atomic mass is 9.70. The molecule has 2 N–H and O–H groups in total. The Labute approximate surface area is 248 Å². The van der Waals surface area contributed by atoms with Crippen molar-refractivity contribution in [1.82, 2.24) is 9.88 Å². The number of hydrogen-bond acceptors (Lipinski definition) is 4. The molecule has 5 aromatic carbocycles. The quantitative estimate of drug-likeness (QED) is 0.181. The topological polar surface area (TPSA) is 48.4 Å². The molecule has 0 amide bonds. The fraction of sp³-hybridized carbons (Fsp3) is 0.184. The highest BCUT2D eigenvalue weighted by Crippen LogP contribution is 2.48. The normalized spacial score (nSPS) is 13.7. The molecule has 1 heterocycles. The van der Waals surface area contributed by atoms with Crippen LogP contribution in [0, 0.1) is 0 Å². The maximum Gasteiger partial charge on any atom is 0.102 e. The van der Waals surface area contributed by atoms with Gasteiger partial charge in [-0.25, -0.2) is 0 Å². The van der Waals surface area contributed by atoms with Gasteiger partial charge in [0, 0.05) is 36.3 Å². The number of anilines is 1. The number of rotatable bonds is 10. The molecule has 6 aromatic rings. The molecule has 210 valence electrons. The molecule has 0 aliphatic carbocycles. The molecule has 0 saturated heterocycles. The zero-order valence-corrected chi connectivity index (χ0v) is 24.2. The first kappa shape index (κ1) is 27.6. The van der Waals surface area contributed by atoms with Crippen molar-refractivity contribution in [3.8, 4) is 0 Å². The summed E-state index contributed by atoms with van der Waals surface area (Å²) in [7, 11) is 4.12. The molecular formula is C38H37N3O. The Balaban J connectivity index is 1.58. The number of para-hydroxylation sites is 2. The second-order valence-corrected chi connectivity index (χ2v) is 11.3. The molecule has 2 atom stereocenters. The highest BCUT2D eigenvalue weighted by Gasteiger charge is 2.42. The summed E-state index contributed by atoms with van der Waals surface area (Å²) in [4.78, 5) is 7.02. The minimum atomic E-state index is -1.24. The molecule has 0 saturated carbocycles. The molecule has 4 heteroatoms. The van der Waals surface area contributed by atoms with E-state index in [1.807, 2.05) is 30.5 Å². The largest absolute Gasteiger partial charge is 0.384 e. The van der Waals surface area contributed by atoms with Crippen molar-refractivity contribution in [3.63, 3.8) is 0 Å². The number of nitrogens with zero attached hydrogens (tertiary/aromatic N) is 2. The number of aromatic nitrogens is 1. The van der Waals surface area contributed by atoms with Crippen LogP contribution in [-0.2, 0) is 12.1 Å². The van der Waals surface area contributed by atoms with Gasteiger partial charge in [-0.15, -0.1) is 0 Å². The van der Waals surface area contributed by atoms with E-state index in [9.17, 15) is 5.11 Å². The van der Waals surface area contributed by atoms with E-state index in [4.69, 9.17) is 4.98 Å². The van der Waals surface area contributed by atoms with Gasteiger partial charge in [0.2, 0.25) is 0 Å². The van der Waals surface area contributed by atoms with Gasteiger partial charge in [0.1, 0.15) is 5.60 Å². The fourth-order valence-corrected chi connectivity index (χ4v) is 6.09. The van der Waals surface area contributed by atoms with Crippen molar-refractivity contribution in [1.29, 1.82) is 0 Å². The maximum atomic E-state index is 13.3. The van der Waals surface area contributed by atoms with Crippen LogP contribution in [0.2, 0.25) is 0 Å². The van der Waals surface area contributed by atoms with Crippen molar-refractivity contribution in [2.75, 3.05) is 26.0 Å². The number of benzene rings is 5. The van der Waals surface area contributed by atoms with E-state index in [1.54, 1.807) is 0 Å². The van der Waals surface area contributed by atoms with Crippen molar-refractivity contribution in [2.45, 2.75) is 24.5 Å². The second kappa shape index (κ2) is 12.2. The zero-order chi connectivity index (χ0) is 28.9. The summed E-state index contributed by atoms with van der Waals surface area (Å²) in [6.07, 6.45) is 2.49. The van der Waals surface area contributed by atoms with Crippen LogP contribution in [0.4, 0.5) is 5.69 Å². The zero-order valence-electron chi connectivity index (χ0n) is 24.2. The molecule has 0 radical (unpaired) electrons. The molecule has 0 fully saturated rings. The minimum Gasteiger partial charge on any atom is -0.384 e. The predicted molar refractivity (Wildman–Crippen MR) is 175 cm³/mol. The average Bonchev–Trinajstić information content (AvgIpc) is 3.03. The summed E-state index contributed by atoms with van der Waals surface area (Å²) in [5.74, 6) is -0.389. The smallest absolute Gasteiger partial charge is 0.102 e. The third kappa shape index (κ3) is 5.64. The van der Waals surface area contributed by atoms with Crippen molar-refractivity contribution in [3.05, 3.63) is 156 Å². The van der Waals surface area contributed by atoms with E-state index in [1.165, 1.54) is 5.56 Å². The summed E-state index contributed by atoms with van der Waals surface area (Å²) < 4.78 is 0. The molecule has 0 aliphatic rings. The summed E-state index contributed by atoms with van der Waals surface area (Å²) in [5.41, 5.74) is 4.86. The van der Waals surface area contributed by atoms with Gasteiger partial charge in [0.15, 0.2) is 0 Å². The van der Waals surface area contributed by atoms with Crippen molar-refractivity contribution < 1.29 is 5.11 Å². The average molecular weight is 552 g/mol. The van der Waals surface area contributed by atoms with E-state index in [2.05, 4.69) is 127 Å². The maximum absolute atomic E-state index is 13.3. The lowest BCUT2D eigenvalue weighted by Crippen LogP contribution is -2.38. The Hall–Kier alpha value is -4.51. The monoisotopic (exact) mass is 551 g/mol. The lowest BCUT2D eigenvalue weighted by molar-refractivity contribution is 0.00600. The third-order valence-corrected chi connectivity index (χ3v) is 8.22. The second-order valence-electron chi connectivity index (χ2n) is 11.3. The molecule has 42 heavy (non-hydrogen) atoms. The van der Waals surface area contributed by atoms with Crippen LogP contribution >= 0.6 is 0 Å². The van der Waals surface area contributed by atoms with Crippen LogP contribution < -0.4 is 5.32 Å². The van der Waals surface area contributed by atoms with Gasteiger partial charge in [0.25, 0.3) is 0 Å². The van der Waals surface area contributed by atoms with Crippen LogP contribution in [0.5, 0.6) is 0 Å². The lowest BCUT2D eigenvalue weighted by Gasteiger charge is -2.40. The molecule has 0 aliphatic heterocycles. The third-order valence-electron chi connectivity index (χ3n) is 8.22. The van der Waals surface area contributed by atoms with Gasteiger partial charge in [-0.2, -0.15) is 0 Å². The van der Waals surface area contributed by atoms with Gasteiger partial charge in [0.05, 0.1) is 5.52 Å². The number of pyridine rings is 1. The van der Waals surface area contributed by atoms with Crippen molar-refractivity contribution >= 4 is 27.4 Å². The van der Waals surface area contributed by atoms with Gasteiger partial charge >= 0.3 is 0 Å². The van der Waals surface area contributed by atoms with Gasteiger partial charge < -0.3 is 15.3 Å². The van der Waals surface area contributed by atoms with E-state index >= 15 is 0 Å². The molecule has 2 unspecified atom stereocenters. The fourth-order valence-electron chi connectivity index (χ4n) is 6.09. The van der Waals surface area contributed by atoms with E-state index < -0.39 is 5.60 Å². The van der Waals surface area contributed by atoms with Gasteiger partial charge in [-0.05, 0) is 71.7 Å². The number of hydrogen-bond donors (Lipinski definition) is 2. The molecule has 6 rings (SSSR count). The number of aliphatic hydroxyl groups is 1. The minimum absolute atomic E-state index is 0.389. The molecule has 0 bridgehead atoms. The van der Waals surface area contributed by atoms with Crippen molar-refractivity contribution in [2.24, 2.45) is 0 Å². The first-order valence-electron chi connectivity index (χ1n) is 14.6. The first-order valence-corrected chi connectivity index (χ1v) is 14.6. The van der Waals surface area contributed by atoms with E-state index in [0.717, 1.165) is 50.6 Å². The number of fused-ring (bicyclic) bond motifs is 2. The van der Waals surface area contributed by atoms with Gasteiger partial charge in [-0.1, -0.05) is 109 Å². The summed E-state index contributed by atoms with van der Waals surface area (Å²) >= 11 is 0. The van der Waals surface area contributed by atoms with Crippen LogP contribution in [-0.4, -0.2) is 35.6 Å². The highest BCUT2D eigenvalue weighted by atomic mass is 16.3. The van der Waals surface area contributed by atoms with Gasteiger partial charge in [-0.3, -0.25) is 4.98 Å². The molecule has 4 nitrogen and oxygen atoms in total. The predicted octanol–water partition coefficient (Wildman–Crippen LogP) is 7.97. The van der Waals surface area contributed by atoms with Crippen LogP contribution in [0.1, 0.15) is 34.6 Å². The van der Waals surface area contributed by atoms with E-state index in [0.29, 0.717) is 13.0 Å². The Morgan fingerprint density at radius 3 is 2.29 bits per heavy atom. The SMILES string of the molecule is CN(C)CCC(O)(c1cccc2ccccc12)C(c1cnc2ccccc2c1)c1ccccc1NCc1ccccc1. The Bertz CT molecular complexity index is 1790. The highest BCUT2D eigenvalue weighted by molar-refractivity contribution is 5.87. The summed E-state index contributed by atoms with van der Waals surface area (Å²) in [6.45, 7) is 1.40. The Morgan fingerprint density at radius 1 is 0.762 bits per heavy atom. The summed E-state index contributed by atoms with van der Waals surface area (Å²) in [6, 6.07) is 43.8. The molecule has 1 aromatic heterocycles. The number of nitrogens with one attached hydrogen (secondary N) is 1. The standard InChI is InChI=1S/C38H37N3O/c1-41(2)24-23-38(42,34-20-12-17-29-15-6-8-18-32(29)34)37(31-25-30-16-7-10-21-35(30)40-27-31)33-19-9-11-22-36(33)39-26-28-13-4-3-5-14-28/h3-22,25,27,37,39,42H,23-24,26H2,1-2H3. The van der Waals surface area contributed by atoms with E-state index in [-0.39, 0.29) is 5.92 Å².